The van der Waals surface area contributed by atoms with Crippen LogP contribution in [0.15, 0.2) is 71.6 Å². The fourth-order valence-electron chi connectivity index (χ4n) is 4.56. The zero-order valence-corrected chi connectivity index (χ0v) is 26.4. The highest BCUT2D eigenvalue weighted by Gasteiger charge is 2.35. The Morgan fingerprint density at radius 3 is 2.07 bits per heavy atom. The largest absolute Gasteiger partial charge is 0.352 e. The number of hydrogen-bond acceptors (Lipinski definition) is 4. The highest BCUT2D eigenvalue weighted by atomic mass is 35.5. The van der Waals surface area contributed by atoms with Gasteiger partial charge >= 0.3 is 0 Å². The number of halogens is 2. The summed E-state index contributed by atoms with van der Waals surface area (Å²) in [7, 11) is -4.16. The highest BCUT2D eigenvalue weighted by molar-refractivity contribution is 7.92. The average molecular weight is 619 g/mol. The second kappa shape index (κ2) is 14.2. The van der Waals surface area contributed by atoms with Crippen molar-refractivity contribution in [3.8, 4) is 0 Å². The van der Waals surface area contributed by atoms with Gasteiger partial charge in [-0.3, -0.25) is 13.9 Å². The van der Waals surface area contributed by atoms with Crippen LogP contribution in [0.3, 0.4) is 0 Å². The first-order valence-electron chi connectivity index (χ1n) is 13.6. The van der Waals surface area contributed by atoms with E-state index in [0.717, 1.165) is 15.4 Å². The van der Waals surface area contributed by atoms with Crippen molar-refractivity contribution in [3.63, 3.8) is 0 Å². The maximum atomic E-state index is 14.2. The van der Waals surface area contributed by atoms with Crippen molar-refractivity contribution in [2.24, 2.45) is 0 Å². The lowest BCUT2D eigenvalue weighted by Crippen LogP contribution is -2.53. The minimum atomic E-state index is -4.16. The normalized spacial score (nSPS) is 12.2. The van der Waals surface area contributed by atoms with Crippen LogP contribution in [-0.4, -0.2) is 43.8 Å². The lowest BCUT2D eigenvalue weighted by molar-refractivity contribution is -0.140. The Labute approximate surface area is 253 Å². The van der Waals surface area contributed by atoms with Gasteiger partial charge in [-0.2, -0.15) is 0 Å². The maximum Gasteiger partial charge on any atom is 0.264 e. The minimum absolute atomic E-state index is 0.0621. The van der Waals surface area contributed by atoms with Crippen LogP contribution in [-0.2, 0) is 32.6 Å². The molecule has 0 aromatic heterocycles. The summed E-state index contributed by atoms with van der Waals surface area (Å²) in [5, 5.41) is 3.56. The first-order chi connectivity index (χ1) is 19.4. The van der Waals surface area contributed by atoms with Crippen molar-refractivity contribution in [3.05, 3.63) is 93.5 Å². The average Bonchev–Trinajstić information content (AvgIpc) is 2.92. The number of hydrogen-bond donors (Lipinski definition) is 1. The fraction of sp³-hybridized carbons (Fsp3) is 0.355. The summed E-state index contributed by atoms with van der Waals surface area (Å²) in [6.45, 7) is 8.65. The van der Waals surface area contributed by atoms with E-state index in [1.807, 2.05) is 39.8 Å². The van der Waals surface area contributed by atoms with E-state index in [9.17, 15) is 18.0 Å². The zero-order chi connectivity index (χ0) is 30.3. The molecule has 0 heterocycles. The van der Waals surface area contributed by atoms with Crippen molar-refractivity contribution >= 4 is 50.7 Å². The van der Waals surface area contributed by atoms with Gasteiger partial charge in [0.2, 0.25) is 11.8 Å². The fourth-order valence-corrected chi connectivity index (χ4v) is 6.53. The molecule has 0 radical (unpaired) electrons. The molecule has 0 aliphatic heterocycles. The maximum absolute atomic E-state index is 14.2. The van der Waals surface area contributed by atoms with E-state index in [1.54, 1.807) is 49.4 Å². The van der Waals surface area contributed by atoms with Gasteiger partial charge in [-0.1, -0.05) is 79.0 Å². The number of nitrogens with zero attached hydrogens (tertiary/aromatic N) is 2. The number of rotatable bonds is 12. The molecule has 220 valence electrons. The molecule has 10 heteroatoms. The van der Waals surface area contributed by atoms with E-state index in [1.165, 1.54) is 17.0 Å². The molecule has 7 nitrogen and oxygen atoms in total. The molecule has 0 unspecified atom stereocenters. The number of aryl methyl sites for hydroxylation is 2. The van der Waals surface area contributed by atoms with Gasteiger partial charge < -0.3 is 10.2 Å². The molecule has 3 aromatic carbocycles. The van der Waals surface area contributed by atoms with Crippen LogP contribution in [0.1, 0.15) is 50.8 Å². The third-order valence-corrected chi connectivity index (χ3v) is 9.22. The zero-order valence-electron chi connectivity index (χ0n) is 24.0. The van der Waals surface area contributed by atoms with Crippen LogP contribution in [0.2, 0.25) is 10.0 Å². The molecule has 0 aliphatic carbocycles. The lowest BCUT2D eigenvalue weighted by Gasteiger charge is -2.34. The number of carbonyl (C=O) groups is 2. The van der Waals surface area contributed by atoms with Crippen LogP contribution < -0.4 is 9.62 Å². The topological polar surface area (TPSA) is 86.8 Å². The summed E-state index contributed by atoms with van der Waals surface area (Å²) in [5.41, 5.74) is 2.55. The Kier molecular flexibility index (Phi) is 11.2. The van der Waals surface area contributed by atoms with Gasteiger partial charge in [-0.05, 0) is 69.5 Å². The van der Waals surface area contributed by atoms with Gasteiger partial charge in [-0.15, -0.1) is 0 Å². The molecule has 3 aromatic rings. The van der Waals surface area contributed by atoms with Gasteiger partial charge in [0, 0.05) is 28.2 Å². The molecule has 3 rings (SSSR count). The number of nitrogens with one attached hydrogen (secondary N) is 1. The summed E-state index contributed by atoms with van der Waals surface area (Å²) in [4.78, 5) is 29.0. The van der Waals surface area contributed by atoms with E-state index in [-0.39, 0.29) is 23.4 Å². The van der Waals surface area contributed by atoms with Crippen LogP contribution in [0.5, 0.6) is 0 Å². The molecule has 1 atom stereocenters. The Morgan fingerprint density at radius 2 is 1.51 bits per heavy atom. The number of sulfonamides is 1. The molecule has 41 heavy (non-hydrogen) atoms. The van der Waals surface area contributed by atoms with Crippen molar-refractivity contribution in [1.82, 2.24) is 10.2 Å². The summed E-state index contributed by atoms with van der Waals surface area (Å²) in [6, 6.07) is 17.6. The van der Waals surface area contributed by atoms with Crippen LogP contribution in [0, 0.1) is 6.92 Å². The Morgan fingerprint density at radius 1 is 0.902 bits per heavy atom. The highest BCUT2D eigenvalue weighted by Crippen LogP contribution is 2.30. The molecule has 0 saturated carbocycles. The molecule has 0 aliphatic rings. The SMILES string of the molecule is CCc1ccccc1N(CC(=O)N(Cc1c(Cl)cccc1Cl)[C@H](CC)C(=O)NC(C)C)S(=O)(=O)c1ccc(C)cc1. The van der Waals surface area contributed by atoms with E-state index in [0.29, 0.717) is 34.1 Å². The Hall–Kier alpha value is -3.07. The van der Waals surface area contributed by atoms with Crippen molar-refractivity contribution in [2.75, 3.05) is 10.8 Å². The van der Waals surface area contributed by atoms with Gasteiger partial charge in [0.1, 0.15) is 12.6 Å². The van der Waals surface area contributed by atoms with Gasteiger partial charge in [-0.25, -0.2) is 8.42 Å². The predicted octanol–water partition coefficient (Wildman–Crippen LogP) is 6.39. The Balaban J connectivity index is 2.14. The monoisotopic (exact) mass is 617 g/mol. The molecular formula is C31H37Cl2N3O4S. The van der Waals surface area contributed by atoms with Crippen molar-refractivity contribution in [2.45, 2.75) is 71.0 Å². The summed E-state index contributed by atoms with van der Waals surface area (Å²) < 4.78 is 29.3. The lowest BCUT2D eigenvalue weighted by atomic mass is 10.1. The third-order valence-electron chi connectivity index (χ3n) is 6.74. The predicted molar refractivity (Wildman–Crippen MR) is 166 cm³/mol. The third kappa shape index (κ3) is 7.82. The number of benzene rings is 3. The number of carbonyl (C=O) groups excluding carboxylic acids is 2. The van der Waals surface area contributed by atoms with Gasteiger partial charge in [0.25, 0.3) is 10.0 Å². The molecule has 0 bridgehead atoms. The Bertz CT molecular complexity index is 1460. The van der Waals surface area contributed by atoms with Crippen LogP contribution >= 0.6 is 23.2 Å². The number of amides is 2. The molecular weight excluding hydrogens is 581 g/mol. The standard InChI is InChI=1S/C31H37Cl2N3O4S/c1-6-23-11-8-9-14-29(23)36(41(39,40)24-17-15-22(5)16-18-24)20-30(37)35(28(7-2)31(38)34-21(3)4)19-25-26(32)12-10-13-27(25)33/h8-18,21,28H,6-7,19-20H2,1-5H3,(H,34,38)/t28-/m1/s1. The van der Waals surface area contributed by atoms with Gasteiger partial charge in [0.15, 0.2) is 0 Å². The number of anilines is 1. The van der Waals surface area contributed by atoms with Crippen LogP contribution in [0.4, 0.5) is 5.69 Å². The molecule has 0 spiro atoms. The molecule has 0 saturated heterocycles. The van der Waals surface area contributed by atoms with Crippen molar-refractivity contribution < 1.29 is 18.0 Å². The van der Waals surface area contributed by atoms with E-state index >= 15 is 0 Å². The first kappa shape index (κ1) is 32.4. The van der Waals surface area contributed by atoms with Gasteiger partial charge in [0.05, 0.1) is 10.6 Å². The summed E-state index contributed by atoms with van der Waals surface area (Å²) in [6.07, 6.45) is 0.847. The number of para-hydroxylation sites is 1. The van der Waals surface area contributed by atoms with E-state index < -0.39 is 28.5 Å². The second-order valence-electron chi connectivity index (χ2n) is 10.1. The summed E-state index contributed by atoms with van der Waals surface area (Å²) >= 11 is 12.9. The second-order valence-corrected chi connectivity index (χ2v) is 12.8. The quantitative estimate of drug-likeness (QED) is 0.255. The van der Waals surface area contributed by atoms with Crippen molar-refractivity contribution in [1.29, 1.82) is 0 Å². The summed E-state index contributed by atoms with van der Waals surface area (Å²) in [5.74, 6) is -0.908. The minimum Gasteiger partial charge on any atom is -0.352 e. The first-order valence-corrected chi connectivity index (χ1v) is 15.8. The smallest absolute Gasteiger partial charge is 0.264 e. The van der Waals surface area contributed by atoms with Crippen LogP contribution in [0.25, 0.3) is 0 Å². The molecule has 2 amide bonds. The van der Waals surface area contributed by atoms with E-state index in [2.05, 4.69) is 5.32 Å². The van der Waals surface area contributed by atoms with E-state index in [4.69, 9.17) is 23.2 Å². The molecule has 0 fully saturated rings. The molecule has 1 N–H and O–H groups in total.